The van der Waals surface area contributed by atoms with Crippen molar-refractivity contribution in [3.63, 3.8) is 0 Å². The number of hydrogen-bond donors (Lipinski definition) is 1. The number of methoxy groups -OCH3 is 3. The number of esters is 1. The second-order valence-electron chi connectivity index (χ2n) is 7.60. The summed E-state index contributed by atoms with van der Waals surface area (Å²) < 4.78 is 37.8. The Bertz CT molecular complexity index is 976. The Morgan fingerprint density at radius 3 is 2.56 bits per heavy atom. The smallest absolute Gasteiger partial charge is 0.339 e. The molecule has 0 aromatic heterocycles. The zero-order valence-electron chi connectivity index (χ0n) is 18.2. The van der Waals surface area contributed by atoms with E-state index < -0.39 is 23.6 Å². The molecule has 2 aromatic carbocycles. The number of carbonyl (C=O) groups excluding carboxylic acids is 1. The first-order valence-corrected chi connectivity index (χ1v) is 10.1. The van der Waals surface area contributed by atoms with Crippen LogP contribution in [-0.4, -0.2) is 58.2 Å². The summed E-state index contributed by atoms with van der Waals surface area (Å²) in [4.78, 5) is 12.7. The van der Waals surface area contributed by atoms with Crippen molar-refractivity contribution in [1.29, 1.82) is 0 Å². The van der Waals surface area contributed by atoms with Gasteiger partial charge in [-0.15, -0.1) is 0 Å². The maximum Gasteiger partial charge on any atom is 0.339 e. The number of benzene rings is 2. The molecule has 0 aliphatic carbocycles. The molecule has 3 atom stereocenters. The SMILES string of the molecule is COCO[C@@H](c1ccc(OC)c(OC)c1)[C@@H]1COC(=O)[C@@]1(O)Cc1ccc2c(c1)OCO2. The lowest BCUT2D eigenvalue weighted by molar-refractivity contribution is -0.159. The second-order valence-corrected chi connectivity index (χ2v) is 7.60. The third-order valence-corrected chi connectivity index (χ3v) is 5.74. The van der Waals surface area contributed by atoms with E-state index in [4.69, 9.17) is 33.2 Å². The van der Waals surface area contributed by atoms with Crippen LogP contribution < -0.4 is 18.9 Å². The fourth-order valence-electron chi connectivity index (χ4n) is 4.10. The molecule has 9 nitrogen and oxygen atoms in total. The highest BCUT2D eigenvalue weighted by Crippen LogP contribution is 2.43. The van der Waals surface area contributed by atoms with Gasteiger partial charge in [0.1, 0.15) is 13.4 Å². The summed E-state index contributed by atoms with van der Waals surface area (Å²) in [5.74, 6) is 0.844. The molecule has 9 heteroatoms. The molecule has 0 saturated carbocycles. The number of rotatable bonds is 9. The van der Waals surface area contributed by atoms with Crippen molar-refractivity contribution in [3.8, 4) is 23.0 Å². The monoisotopic (exact) mass is 446 g/mol. The van der Waals surface area contributed by atoms with Crippen molar-refractivity contribution in [2.75, 3.05) is 41.5 Å². The Kier molecular flexibility index (Phi) is 6.40. The van der Waals surface area contributed by atoms with E-state index in [0.29, 0.717) is 34.1 Å². The van der Waals surface area contributed by atoms with Gasteiger partial charge in [-0.05, 0) is 35.4 Å². The Hall–Kier alpha value is -3.01. The fraction of sp³-hybridized carbons (Fsp3) is 0.435. The van der Waals surface area contributed by atoms with Crippen LogP contribution in [0.25, 0.3) is 0 Å². The first kappa shape index (κ1) is 22.2. The van der Waals surface area contributed by atoms with Gasteiger partial charge in [-0.1, -0.05) is 12.1 Å². The minimum atomic E-state index is -1.82. The Morgan fingerprint density at radius 2 is 1.81 bits per heavy atom. The second kappa shape index (κ2) is 9.23. The molecule has 2 heterocycles. The van der Waals surface area contributed by atoms with Crippen LogP contribution in [0, 0.1) is 5.92 Å². The van der Waals surface area contributed by atoms with Crippen molar-refractivity contribution in [2.24, 2.45) is 5.92 Å². The van der Waals surface area contributed by atoms with Gasteiger partial charge in [-0.25, -0.2) is 4.79 Å². The van der Waals surface area contributed by atoms with Crippen LogP contribution >= 0.6 is 0 Å². The van der Waals surface area contributed by atoms with Crippen molar-refractivity contribution in [1.82, 2.24) is 0 Å². The molecule has 32 heavy (non-hydrogen) atoms. The topological polar surface area (TPSA) is 102 Å². The fourth-order valence-corrected chi connectivity index (χ4v) is 4.10. The van der Waals surface area contributed by atoms with Crippen molar-refractivity contribution < 1.29 is 43.1 Å². The van der Waals surface area contributed by atoms with E-state index in [9.17, 15) is 9.90 Å². The van der Waals surface area contributed by atoms with Crippen LogP contribution in [0.4, 0.5) is 0 Å². The number of ether oxygens (including phenoxy) is 7. The van der Waals surface area contributed by atoms with Gasteiger partial charge in [0.15, 0.2) is 28.6 Å². The first-order chi connectivity index (χ1) is 15.5. The maximum atomic E-state index is 12.7. The van der Waals surface area contributed by atoms with E-state index >= 15 is 0 Å². The molecule has 0 bridgehead atoms. The minimum Gasteiger partial charge on any atom is -0.493 e. The summed E-state index contributed by atoms with van der Waals surface area (Å²) in [5.41, 5.74) is -0.426. The van der Waals surface area contributed by atoms with Crippen LogP contribution in [0.15, 0.2) is 36.4 Å². The summed E-state index contributed by atoms with van der Waals surface area (Å²) >= 11 is 0. The standard InChI is InChI=1S/C23H26O9/c1-26-12-32-21(15-5-7-17(27-2)19(9-15)28-3)16-11-29-22(24)23(16,25)10-14-4-6-18-20(8-14)31-13-30-18/h4-9,16,21,25H,10-13H2,1-3H3/t16-,21-,23+/m0/s1. The molecule has 1 N–H and O–H groups in total. The molecule has 0 spiro atoms. The normalized spacial score (nSPS) is 22.5. The van der Waals surface area contributed by atoms with E-state index in [1.54, 1.807) is 43.5 Å². The summed E-state index contributed by atoms with van der Waals surface area (Å²) in [6, 6.07) is 10.6. The number of carbonyl (C=O) groups is 1. The lowest BCUT2D eigenvalue weighted by Gasteiger charge is -2.32. The van der Waals surface area contributed by atoms with Crippen molar-refractivity contribution >= 4 is 5.97 Å². The van der Waals surface area contributed by atoms with Gasteiger partial charge in [0.2, 0.25) is 6.79 Å². The molecule has 0 amide bonds. The average Bonchev–Trinajstić information content (AvgIpc) is 3.38. The molecule has 4 rings (SSSR count). The highest BCUT2D eigenvalue weighted by atomic mass is 16.7. The minimum absolute atomic E-state index is 0.0113. The molecular formula is C23H26O9. The predicted molar refractivity (Wildman–Crippen MR) is 111 cm³/mol. The van der Waals surface area contributed by atoms with E-state index in [1.165, 1.54) is 14.2 Å². The third-order valence-electron chi connectivity index (χ3n) is 5.74. The van der Waals surface area contributed by atoms with Crippen molar-refractivity contribution in [3.05, 3.63) is 47.5 Å². The number of hydrogen-bond acceptors (Lipinski definition) is 9. The molecule has 1 fully saturated rings. The first-order valence-electron chi connectivity index (χ1n) is 10.1. The van der Waals surface area contributed by atoms with Crippen LogP contribution in [0.1, 0.15) is 17.2 Å². The third kappa shape index (κ3) is 4.06. The summed E-state index contributed by atoms with van der Waals surface area (Å²) in [7, 11) is 4.58. The van der Waals surface area contributed by atoms with Gasteiger partial charge in [-0.2, -0.15) is 0 Å². The van der Waals surface area contributed by atoms with E-state index in [1.807, 2.05) is 0 Å². The van der Waals surface area contributed by atoms with Gasteiger partial charge in [0.25, 0.3) is 0 Å². The van der Waals surface area contributed by atoms with Crippen LogP contribution in [0.5, 0.6) is 23.0 Å². The number of fused-ring (bicyclic) bond motifs is 1. The molecule has 2 aromatic rings. The van der Waals surface area contributed by atoms with E-state index in [2.05, 4.69) is 0 Å². The Balaban J connectivity index is 1.67. The zero-order chi connectivity index (χ0) is 22.7. The van der Waals surface area contributed by atoms with Crippen LogP contribution in [0.2, 0.25) is 0 Å². The van der Waals surface area contributed by atoms with Gasteiger partial charge in [0, 0.05) is 13.5 Å². The van der Waals surface area contributed by atoms with Crippen molar-refractivity contribution in [2.45, 2.75) is 18.1 Å². The highest BCUT2D eigenvalue weighted by Gasteiger charge is 2.55. The Labute approximate surface area is 185 Å². The van der Waals surface area contributed by atoms with Gasteiger partial charge >= 0.3 is 5.97 Å². The number of cyclic esters (lactones) is 1. The molecule has 172 valence electrons. The predicted octanol–water partition coefficient (Wildman–Crippen LogP) is 2.24. The quantitative estimate of drug-likeness (QED) is 0.459. The Morgan fingerprint density at radius 1 is 1.03 bits per heavy atom. The number of aliphatic hydroxyl groups is 1. The van der Waals surface area contributed by atoms with Gasteiger partial charge in [0.05, 0.1) is 26.2 Å². The lowest BCUT2D eigenvalue weighted by Crippen LogP contribution is -2.46. The molecule has 1 saturated heterocycles. The van der Waals surface area contributed by atoms with Crippen LogP contribution in [0.3, 0.4) is 0 Å². The van der Waals surface area contributed by atoms with Gasteiger partial charge in [-0.3, -0.25) is 0 Å². The molecule has 0 radical (unpaired) electrons. The average molecular weight is 446 g/mol. The lowest BCUT2D eigenvalue weighted by atomic mass is 9.79. The molecule has 2 aliphatic heterocycles. The summed E-state index contributed by atoms with van der Waals surface area (Å²) in [6.07, 6.45) is -0.687. The van der Waals surface area contributed by atoms with Gasteiger partial charge < -0.3 is 38.3 Å². The summed E-state index contributed by atoms with van der Waals surface area (Å²) in [5, 5.41) is 11.6. The molecular weight excluding hydrogens is 420 g/mol. The van der Waals surface area contributed by atoms with E-state index in [-0.39, 0.29) is 26.6 Å². The largest absolute Gasteiger partial charge is 0.493 e. The highest BCUT2D eigenvalue weighted by molar-refractivity contribution is 5.82. The molecule has 2 aliphatic rings. The van der Waals surface area contributed by atoms with Crippen LogP contribution in [-0.2, 0) is 25.4 Å². The maximum absolute atomic E-state index is 12.7. The van der Waals surface area contributed by atoms with E-state index in [0.717, 1.165) is 0 Å². The summed E-state index contributed by atoms with van der Waals surface area (Å²) in [6.45, 7) is 0.0897. The zero-order valence-corrected chi connectivity index (χ0v) is 18.2. The molecule has 0 unspecified atom stereocenters.